The van der Waals surface area contributed by atoms with Crippen LogP contribution in [0.5, 0.6) is 11.5 Å². The standard InChI is InChI=1S/C18H28N2O4S/c1-19(2)25(21,22)11-5-10-20(16-6-3-4-7-16)13-15-8-9-17-18(12-15)24-14-23-17/h8-9,12,16H,3-7,10-11,13-14H2,1-2H3. The molecule has 0 spiro atoms. The molecule has 1 heterocycles. The lowest BCUT2D eigenvalue weighted by Gasteiger charge is -2.29. The molecule has 1 aromatic rings. The molecule has 1 aromatic carbocycles. The SMILES string of the molecule is CN(C)S(=O)(=O)CCCN(Cc1ccc2c(c1)OCO2)C1CCCC1. The van der Waals surface area contributed by atoms with Crippen LogP contribution in [-0.4, -0.2) is 56.9 Å². The minimum Gasteiger partial charge on any atom is -0.454 e. The molecular formula is C18H28N2O4S. The van der Waals surface area contributed by atoms with Gasteiger partial charge in [-0.15, -0.1) is 0 Å². The zero-order valence-corrected chi connectivity index (χ0v) is 15.9. The summed E-state index contributed by atoms with van der Waals surface area (Å²) in [5.74, 6) is 1.80. The molecule has 3 rings (SSSR count). The molecule has 1 aliphatic carbocycles. The van der Waals surface area contributed by atoms with Gasteiger partial charge in [-0.3, -0.25) is 4.90 Å². The van der Waals surface area contributed by atoms with Crippen molar-refractivity contribution in [2.45, 2.75) is 44.7 Å². The Kier molecular flexibility index (Phi) is 5.86. The summed E-state index contributed by atoms with van der Waals surface area (Å²) in [5.41, 5.74) is 1.19. The fourth-order valence-corrected chi connectivity index (χ4v) is 4.43. The van der Waals surface area contributed by atoms with E-state index in [0.717, 1.165) is 24.6 Å². The summed E-state index contributed by atoms with van der Waals surface area (Å²) in [6.45, 7) is 1.91. The van der Waals surface area contributed by atoms with E-state index in [1.807, 2.05) is 12.1 Å². The molecule has 2 aliphatic rings. The first-order valence-electron chi connectivity index (χ1n) is 8.98. The zero-order chi connectivity index (χ0) is 17.9. The van der Waals surface area contributed by atoms with Gasteiger partial charge in [0.15, 0.2) is 11.5 Å². The van der Waals surface area contributed by atoms with Gasteiger partial charge >= 0.3 is 0 Å². The van der Waals surface area contributed by atoms with Crippen LogP contribution in [0.4, 0.5) is 0 Å². The number of benzene rings is 1. The van der Waals surface area contributed by atoms with Crippen molar-refractivity contribution in [1.82, 2.24) is 9.21 Å². The van der Waals surface area contributed by atoms with Crippen LogP contribution in [0.25, 0.3) is 0 Å². The number of nitrogens with zero attached hydrogens (tertiary/aromatic N) is 2. The molecule has 0 saturated heterocycles. The molecule has 6 nitrogen and oxygen atoms in total. The highest BCUT2D eigenvalue weighted by molar-refractivity contribution is 7.89. The van der Waals surface area contributed by atoms with E-state index in [-0.39, 0.29) is 12.5 Å². The Morgan fingerprint density at radius 2 is 1.84 bits per heavy atom. The van der Waals surface area contributed by atoms with Crippen molar-refractivity contribution >= 4 is 10.0 Å². The number of hydrogen-bond acceptors (Lipinski definition) is 5. The van der Waals surface area contributed by atoms with Gasteiger partial charge in [0.2, 0.25) is 16.8 Å². The van der Waals surface area contributed by atoms with Crippen molar-refractivity contribution < 1.29 is 17.9 Å². The molecular weight excluding hydrogens is 340 g/mol. The van der Waals surface area contributed by atoms with Crippen molar-refractivity contribution in [2.24, 2.45) is 0 Å². The van der Waals surface area contributed by atoms with Gasteiger partial charge in [0.1, 0.15) is 0 Å². The Morgan fingerprint density at radius 3 is 2.56 bits per heavy atom. The molecule has 0 amide bonds. The van der Waals surface area contributed by atoms with E-state index in [1.54, 1.807) is 14.1 Å². The Hall–Kier alpha value is -1.31. The van der Waals surface area contributed by atoms with Gasteiger partial charge in [-0.1, -0.05) is 18.9 Å². The average molecular weight is 368 g/mol. The number of fused-ring (bicyclic) bond motifs is 1. The van der Waals surface area contributed by atoms with Crippen LogP contribution in [0.15, 0.2) is 18.2 Å². The number of rotatable bonds is 8. The molecule has 0 bridgehead atoms. The van der Waals surface area contributed by atoms with Gasteiger partial charge in [-0.2, -0.15) is 0 Å². The van der Waals surface area contributed by atoms with Crippen LogP contribution >= 0.6 is 0 Å². The summed E-state index contributed by atoms with van der Waals surface area (Å²) in [4.78, 5) is 2.44. The lowest BCUT2D eigenvalue weighted by atomic mass is 10.1. The Morgan fingerprint density at radius 1 is 1.12 bits per heavy atom. The smallest absolute Gasteiger partial charge is 0.231 e. The molecule has 0 radical (unpaired) electrons. The Balaban J connectivity index is 1.63. The highest BCUT2D eigenvalue weighted by atomic mass is 32.2. The molecule has 1 saturated carbocycles. The summed E-state index contributed by atoms with van der Waals surface area (Å²) in [6.07, 6.45) is 5.58. The third-order valence-corrected chi connectivity index (χ3v) is 6.98. The maximum absolute atomic E-state index is 12.0. The lowest BCUT2D eigenvalue weighted by Crippen LogP contribution is -2.35. The largest absolute Gasteiger partial charge is 0.454 e. The minimum absolute atomic E-state index is 0.199. The first-order chi connectivity index (χ1) is 12.0. The highest BCUT2D eigenvalue weighted by Crippen LogP contribution is 2.33. The molecule has 0 aromatic heterocycles. The van der Waals surface area contributed by atoms with E-state index in [0.29, 0.717) is 12.5 Å². The van der Waals surface area contributed by atoms with E-state index in [1.165, 1.54) is 35.6 Å². The average Bonchev–Trinajstić information content (AvgIpc) is 3.24. The topological polar surface area (TPSA) is 59.1 Å². The van der Waals surface area contributed by atoms with Crippen molar-refractivity contribution in [2.75, 3.05) is 33.2 Å². The van der Waals surface area contributed by atoms with E-state index >= 15 is 0 Å². The molecule has 1 aliphatic heterocycles. The van der Waals surface area contributed by atoms with Crippen LogP contribution in [0.2, 0.25) is 0 Å². The third-order valence-electron chi connectivity index (χ3n) is 5.07. The zero-order valence-electron chi connectivity index (χ0n) is 15.1. The van der Waals surface area contributed by atoms with E-state index < -0.39 is 10.0 Å². The number of ether oxygens (including phenoxy) is 2. The van der Waals surface area contributed by atoms with Gasteiger partial charge in [-0.25, -0.2) is 12.7 Å². The molecule has 0 N–H and O–H groups in total. The first-order valence-corrected chi connectivity index (χ1v) is 10.6. The third kappa shape index (κ3) is 4.65. The Bertz CT molecular complexity index is 684. The van der Waals surface area contributed by atoms with Gasteiger partial charge in [0, 0.05) is 26.7 Å². The normalized spacial score (nSPS) is 17.8. The fraction of sp³-hybridized carbons (Fsp3) is 0.667. The van der Waals surface area contributed by atoms with Crippen LogP contribution in [-0.2, 0) is 16.6 Å². The first kappa shape index (κ1) is 18.5. The van der Waals surface area contributed by atoms with E-state index in [9.17, 15) is 8.42 Å². The predicted octanol–water partition coefficient (Wildman–Crippen LogP) is 2.44. The van der Waals surface area contributed by atoms with E-state index in [4.69, 9.17) is 9.47 Å². The number of hydrogen-bond donors (Lipinski definition) is 0. The summed E-state index contributed by atoms with van der Waals surface area (Å²) in [5, 5.41) is 0. The van der Waals surface area contributed by atoms with E-state index in [2.05, 4.69) is 11.0 Å². The molecule has 0 atom stereocenters. The van der Waals surface area contributed by atoms with Crippen LogP contribution < -0.4 is 9.47 Å². The monoisotopic (exact) mass is 368 g/mol. The second-order valence-corrected chi connectivity index (χ2v) is 9.35. The molecule has 7 heteroatoms. The number of sulfonamides is 1. The van der Waals surface area contributed by atoms with Crippen LogP contribution in [0, 0.1) is 0 Å². The maximum Gasteiger partial charge on any atom is 0.231 e. The highest BCUT2D eigenvalue weighted by Gasteiger charge is 2.24. The molecule has 1 fully saturated rings. The lowest BCUT2D eigenvalue weighted by molar-refractivity contribution is 0.173. The molecule has 140 valence electrons. The predicted molar refractivity (Wildman–Crippen MR) is 97.3 cm³/mol. The van der Waals surface area contributed by atoms with Crippen LogP contribution in [0.3, 0.4) is 0 Å². The van der Waals surface area contributed by atoms with Gasteiger partial charge < -0.3 is 9.47 Å². The van der Waals surface area contributed by atoms with Crippen LogP contribution in [0.1, 0.15) is 37.7 Å². The summed E-state index contributed by atoms with van der Waals surface area (Å²) < 4.78 is 36.2. The second kappa shape index (κ2) is 7.93. The van der Waals surface area contributed by atoms with Crippen molar-refractivity contribution in [3.05, 3.63) is 23.8 Å². The molecule has 25 heavy (non-hydrogen) atoms. The van der Waals surface area contributed by atoms with Gasteiger partial charge in [0.05, 0.1) is 5.75 Å². The maximum atomic E-state index is 12.0. The quantitative estimate of drug-likeness (QED) is 0.705. The van der Waals surface area contributed by atoms with Crippen molar-refractivity contribution in [1.29, 1.82) is 0 Å². The van der Waals surface area contributed by atoms with Crippen molar-refractivity contribution in [3.63, 3.8) is 0 Å². The summed E-state index contributed by atoms with van der Waals surface area (Å²) in [6, 6.07) is 6.63. The fourth-order valence-electron chi connectivity index (χ4n) is 3.57. The minimum atomic E-state index is -3.13. The second-order valence-electron chi connectivity index (χ2n) is 7.05. The summed E-state index contributed by atoms with van der Waals surface area (Å²) >= 11 is 0. The van der Waals surface area contributed by atoms with Gasteiger partial charge in [-0.05, 0) is 43.5 Å². The van der Waals surface area contributed by atoms with Crippen molar-refractivity contribution in [3.8, 4) is 11.5 Å². The summed E-state index contributed by atoms with van der Waals surface area (Å²) in [7, 11) is 0.0597. The van der Waals surface area contributed by atoms with Gasteiger partial charge in [0.25, 0.3) is 0 Å². The Labute approximate surface area is 150 Å². The molecule has 0 unspecified atom stereocenters.